The predicted molar refractivity (Wildman–Crippen MR) is 18.1 cm³/mol. The monoisotopic (exact) mass is 179 g/mol. The smallest absolute Gasteiger partial charge is 0.00461 e. The zero-order valence-corrected chi connectivity index (χ0v) is 7.80. The van der Waals surface area contributed by atoms with Crippen molar-refractivity contribution in [2.24, 2.45) is 11.5 Å². The van der Waals surface area contributed by atoms with Crippen molar-refractivity contribution >= 4 is 0 Å². The van der Waals surface area contributed by atoms with Crippen molar-refractivity contribution in [1.29, 1.82) is 0 Å². The van der Waals surface area contributed by atoms with Crippen LogP contribution in [0.5, 0.6) is 0 Å². The average Bonchev–Trinajstić information content (AvgIpc) is 1.37. The summed E-state index contributed by atoms with van der Waals surface area (Å²) in [6.07, 6.45) is 0. The fourth-order valence-electron chi connectivity index (χ4n) is 0. The zero-order chi connectivity index (χ0) is 3.41. The van der Waals surface area contributed by atoms with E-state index >= 15 is 0 Å². The molecular formula is C2H8MnN2Zn. The van der Waals surface area contributed by atoms with Crippen molar-refractivity contribution in [3.63, 3.8) is 0 Å². The van der Waals surface area contributed by atoms with E-state index < -0.39 is 0 Å². The van der Waals surface area contributed by atoms with E-state index in [1.807, 2.05) is 0 Å². The van der Waals surface area contributed by atoms with E-state index in [4.69, 9.17) is 11.5 Å². The van der Waals surface area contributed by atoms with Crippen molar-refractivity contribution < 1.29 is 36.5 Å². The van der Waals surface area contributed by atoms with E-state index in [1.54, 1.807) is 0 Å². The van der Waals surface area contributed by atoms with Crippen LogP contribution in [0.4, 0.5) is 0 Å². The van der Waals surface area contributed by atoms with Gasteiger partial charge in [0.1, 0.15) is 0 Å². The zero-order valence-electron chi connectivity index (χ0n) is 3.65. The van der Waals surface area contributed by atoms with E-state index in [9.17, 15) is 0 Å². The molecule has 2 nitrogen and oxygen atoms in total. The van der Waals surface area contributed by atoms with Gasteiger partial charge in [0.15, 0.2) is 0 Å². The SMILES string of the molecule is NCCN.[Mn].[Zn]. The Labute approximate surface area is 61.3 Å². The second-order valence-corrected chi connectivity index (χ2v) is 0.577. The maximum absolute atomic E-state index is 4.90. The Bertz CT molecular complexity index is 13.5. The molecule has 0 aliphatic rings. The molecule has 0 aliphatic carbocycles. The van der Waals surface area contributed by atoms with Gasteiger partial charge >= 0.3 is 0 Å². The summed E-state index contributed by atoms with van der Waals surface area (Å²) in [4.78, 5) is 0. The van der Waals surface area contributed by atoms with Crippen LogP contribution in [0, 0.1) is 0 Å². The number of hydrogen-bond acceptors (Lipinski definition) is 2. The molecule has 0 atom stereocenters. The topological polar surface area (TPSA) is 52.0 Å². The van der Waals surface area contributed by atoms with Crippen LogP contribution in [0.15, 0.2) is 0 Å². The van der Waals surface area contributed by atoms with Crippen molar-refractivity contribution in [2.75, 3.05) is 13.1 Å². The first-order valence-corrected chi connectivity index (χ1v) is 1.32. The summed E-state index contributed by atoms with van der Waals surface area (Å²) in [5, 5.41) is 0. The van der Waals surface area contributed by atoms with Crippen molar-refractivity contribution in [1.82, 2.24) is 0 Å². The second kappa shape index (κ2) is 16.6. The van der Waals surface area contributed by atoms with Crippen LogP contribution < -0.4 is 11.5 Å². The molecule has 0 spiro atoms. The molecule has 0 saturated carbocycles. The first-order chi connectivity index (χ1) is 1.91. The molecule has 35 valence electrons. The molecule has 0 amide bonds. The Morgan fingerprint density at radius 2 is 1.17 bits per heavy atom. The standard InChI is InChI=1S/C2H8N2.Mn.Zn/c3-1-2-4;;/h1-4H2;;. The normalized spacial score (nSPS) is 5.00. The molecule has 0 bridgehead atoms. The number of nitrogens with two attached hydrogens (primary N) is 2. The summed E-state index contributed by atoms with van der Waals surface area (Å²) in [6, 6.07) is 0. The van der Waals surface area contributed by atoms with Crippen LogP contribution >= 0.6 is 0 Å². The number of rotatable bonds is 1. The fourth-order valence-corrected chi connectivity index (χ4v) is 0. The minimum Gasteiger partial charge on any atom is -0.329 e. The van der Waals surface area contributed by atoms with Crippen LogP contribution in [-0.4, -0.2) is 13.1 Å². The molecule has 6 heavy (non-hydrogen) atoms. The molecule has 4 N–H and O–H groups in total. The van der Waals surface area contributed by atoms with Gasteiger partial charge in [-0.2, -0.15) is 0 Å². The van der Waals surface area contributed by atoms with E-state index in [0.717, 1.165) is 0 Å². The summed E-state index contributed by atoms with van der Waals surface area (Å²) < 4.78 is 0. The van der Waals surface area contributed by atoms with Crippen molar-refractivity contribution in [2.45, 2.75) is 0 Å². The molecule has 0 aromatic heterocycles. The molecule has 0 unspecified atom stereocenters. The maximum Gasteiger partial charge on any atom is 0.00461 e. The molecular weight excluding hydrogens is 172 g/mol. The minimum atomic E-state index is 0. The van der Waals surface area contributed by atoms with Crippen LogP contribution in [0.3, 0.4) is 0 Å². The van der Waals surface area contributed by atoms with E-state index in [1.165, 1.54) is 0 Å². The van der Waals surface area contributed by atoms with Gasteiger partial charge in [-0.3, -0.25) is 0 Å². The van der Waals surface area contributed by atoms with E-state index in [-0.39, 0.29) is 36.5 Å². The summed E-state index contributed by atoms with van der Waals surface area (Å²) >= 11 is 0. The minimum absolute atomic E-state index is 0. The second-order valence-electron chi connectivity index (χ2n) is 0.577. The molecule has 0 saturated heterocycles. The molecule has 0 aliphatic heterocycles. The summed E-state index contributed by atoms with van der Waals surface area (Å²) in [7, 11) is 0. The molecule has 0 fully saturated rings. The van der Waals surface area contributed by atoms with E-state index in [0.29, 0.717) is 13.1 Å². The molecule has 1 radical (unpaired) electrons. The molecule has 0 aromatic rings. The third-order valence-electron chi connectivity index (χ3n) is 0.167. The summed E-state index contributed by atoms with van der Waals surface area (Å²) in [5.74, 6) is 0. The number of hydrogen-bond donors (Lipinski definition) is 2. The predicted octanol–water partition coefficient (Wildman–Crippen LogP) is -1.10. The van der Waals surface area contributed by atoms with Gasteiger partial charge in [0.2, 0.25) is 0 Å². The molecule has 0 aromatic carbocycles. The van der Waals surface area contributed by atoms with Gasteiger partial charge in [-0.25, -0.2) is 0 Å². The van der Waals surface area contributed by atoms with Crippen LogP contribution in [0.1, 0.15) is 0 Å². The third kappa shape index (κ3) is 19.6. The Balaban J connectivity index is -0.0000000450. The van der Waals surface area contributed by atoms with Crippen LogP contribution in [0.2, 0.25) is 0 Å². The first-order valence-electron chi connectivity index (χ1n) is 1.32. The largest absolute Gasteiger partial charge is 0.329 e. The van der Waals surface area contributed by atoms with Gasteiger partial charge in [-0.05, 0) is 0 Å². The van der Waals surface area contributed by atoms with Gasteiger partial charge < -0.3 is 11.5 Å². The van der Waals surface area contributed by atoms with Crippen LogP contribution in [0.25, 0.3) is 0 Å². The van der Waals surface area contributed by atoms with Gasteiger partial charge in [-0.15, -0.1) is 0 Å². The molecule has 0 rings (SSSR count). The van der Waals surface area contributed by atoms with Gasteiger partial charge in [0, 0.05) is 49.6 Å². The molecule has 4 heteroatoms. The van der Waals surface area contributed by atoms with Gasteiger partial charge in [-0.1, -0.05) is 0 Å². The maximum atomic E-state index is 4.90. The first kappa shape index (κ1) is 15.7. The Kier molecular flexibility index (Phi) is 43.4. The molecule has 0 heterocycles. The van der Waals surface area contributed by atoms with Crippen molar-refractivity contribution in [3.05, 3.63) is 0 Å². The Hall–Kier alpha value is 1.06. The Morgan fingerprint density at radius 1 is 1.00 bits per heavy atom. The summed E-state index contributed by atoms with van der Waals surface area (Å²) in [5.41, 5.74) is 9.81. The third-order valence-corrected chi connectivity index (χ3v) is 0.167. The van der Waals surface area contributed by atoms with E-state index in [2.05, 4.69) is 0 Å². The van der Waals surface area contributed by atoms with Crippen molar-refractivity contribution in [3.8, 4) is 0 Å². The van der Waals surface area contributed by atoms with Gasteiger partial charge in [0.25, 0.3) is 0 Å². The summed E-state index contributed by atoms with van der Waals surface area (Å²) in [6.45, 7) is 1.19. The van der Waals surface area contributed by atoms with Gasteiger partial charge in [0.05, 0.1) is 0 Å². The van der Waals surface area contributed by atoms with Crippen LogP contribution in [-0.2, 0) is 36.5 Å². The average molecular weight is 180 g/mol. The fraction of sp³-hybridized carbons (Fsp3) is 1.00. The quantitative estimate of drug-likeness (QED) is 0.503. The Morgan fingerprint density at radius 3 is 1.17 bits per heavy atom.